The van der Waals surface area contributed by atoms with Crippen molar-refractivity contribution in [1.82, 2.24) is 10.3 Å². The van der Waals surface area contributed by atoms with Crippen molar-refractivity contribution in [1.29, 1.82) is 0 Å². The lowest BCUT2D eigenvalue weighted by molar-refractivity contribution is -0.142. The van der Waals surface area contributed by atoms with Gasteiger partial charge in [-0.2, -0.15) is 0 Å². The summed E-state index contributed by atoms with van der Waals surface area (Å²) in [5.41, 5.74) is 9.19. The first-order chi connectivity index (χ1) is 17.8. The van der Waals surface area contributed by atoms with E-state index in [4.69, 9.17) is 9.72 Å². The van der Waals surface area contributed by atoms with E-state index in [-0.39, 0.29) is 12.4 Å². The molecule has 5 heteroatoms. The molecule has 0 atom stereocenters. The Labute approximate surface area is 222 Å². The van der Waals surface area contributed by atoms with Crippen LogP contribution in [0.3, 0.4) is 0 Å². The summed E-state index contributed by atoms with van der Waals surface area (Å²) in [5, 5.41) is 3.54. The molecule has 1 aromatic heterocycles. The minimum Gasteiger partial charge on any atom is -0.466 e. The van der Waals surface area contributed by atoms with Crippen LogP contribution in [0, 0.1) is 19.3 Å². The maximum atomic E-state index is 12.6. The predicted octanol–water partition coefficient (Wildman–Crippen LogP) is 6.39. The van der Waals surface area contributed by atoms with Crippen LogP contribution in [0.4, 0.5) is 5.69 Å². The first kappa shape index (κ1) is 26.9. The molecule has 5 nitrogen and oxygen atoms in total. The minimum atomic E-state index is -0.194. The Balaban J connectivity index is 1.64. The van der Waals surface area contributed by atoms with Gasteiger partial charge in [-0.25, -0.2) is 0 Å². The first-order valence-corrected chi connectivity index (χ1v) is 13.5. The van der Waals surface area contributed by atoms with E-state index in [0.29, 0.717) is 12.0 Å². The van der Waals surface area contributed by atoms with Crippen LogP contribution in [0.1, 0.15) is 61.7 Å². The van der Waals surface area contributed by atoms with Crippen molar-refractivity contribution in [3.63, 3.8) is 0 Å². The lowest BCUT2D eigenvalue weighted by Crippen LogP contribution is -2.38. The van der Waals surface area contributed by atoms with Gasteiger partial charge >= 0.3 is 5.97 Å². The highest BCUT2D eigenvalue weighted by Crippen LogP contribution is 2.41. The molecule has 0 radical (unpaired) electrons. The summed E-state index contributed by atoms with van der Waals surface area (Å²) < 4.78 is 5.35. The fourth-order valence-corrected chi connectivity index (χ4v) is 5.20. The van der Waals surface area contributed by atoms with E-state index in [9.17, 15) is 4.79 Å². The lowest BCUT2D eigenvalue weighted by atomic mass is 9.82. The van der Waals surface area contributed by atoms with Crippen molar-refractivity contribution >= 4 is 11.7 Å². The van der Waals surface area contributed by atoms with Gasteiger partial charge in [0.1, 0.15) is 0 Å². The van der Waals surface area contributed by atoms with Gasteiger partial charge in [0, 0.05) is 48.7 Å². The summed E-state index contributed by atoms with van der Waals surface area (Å²) in [4.78, 5) is 20.0. The molecular weight excluding hydrogens is 458 g/mol. The number of carbonyl (C=O) groups excluding carboxylic acids is 1. The third kappa shape index (κ3) is 6.78. The smallest absolute Gasteiger partial charge is 0.310 e. The Kier molecular flexibility index (Phi) is 8.65. The van der Waals surface area contributed by atoms with E-state index in [0.717, 1.165) is 72.8 Å². The average Bonchev–Trinajstić information content (AvgIpc) is 2.87. The number of benzene rings is 2. The molecule has 0 spiro atoms. The summed E-state index contributed by atoms with van der Waals surface area (Å²) in [7, 11) is 0. The molecule has 37 heavy (non-hydrogen) atoms. The Bertz CT molecular complexity index is 1190. The third-order valence-corrected chi connectivity index (χ3v) is 7.46. The molecule has 1 saturated heterocycles. The molecule has 4 rings (SSSR count). The van der Waals surface area contributed by atoms with Crippen LogP contribution in [0.2, 0.25) is 0 Å². The monoisotopic (exact) mass is 499 g/mol. The van der Waals surface area contributed by atoms with Crippen LogP contribution in [0.25, 0.3) is 11.1 Å². The first-order valence-electron chi connectivity index (χ1n) is 13.5. The number of nitrogens with one attached hydrogen (secondary N) is 1. The maximum absolute atomic E-state index is 12.6. The number of hydrogen-bond acceptors (Lipinski definition) is 5. The highest BCUT2D eigenvalue weighted by atomic mass is 16.5. The number of aryl methyl sites for hydroxylation is 2. The molecule has 0 aliphatic carbocycles. The zero-order valence-corrected chi connectivity index (χ0v) is 23.1. The van der Waals surface area contributed by atoms with E-state index in [1.54, 1.807) is 0 Å². The second kappa shape index (κ2) is 11.9. The quantitative estimate of drug-likeness (QED) is 0.346. The van der Waals surface area contributed by atoms with Gasteiger partial charge in [0.05, 0.1) is 18.7 Å². The Morgan fingerprint density at radius 3 is 2.19 bits per heavy atom. The second-order valence-corrected chi connectivity index (χ2v) is 10.9. The standard InChI is InChI=1S/C32H41N3O2/c1-6-37-29(36)20-28-23(2)34-24(3)30(31(28)35-18-16-32(4,5)17-19-35)27-14-12-26(13-15-27)22-33-21-25-10-8-7-9-11-25/h7-15,33H,6,16-22H2,1-5H3. The van der Waals surface area contributed by atoms with Crippen molar-refractivity contribution in [3.05, 3.63) is 82.7 Å². The molecule has 3 aromatic rings. The summed E-state index contributed by atoms with van der Waals surface area (Å²) in [6, 6.07) is 19.3. The van der Waals surface area contributed by atoms with E-state index in [1.807, 2.05) is 19.9 Å². The number of aromatic nitrogens is 1. The fraction of sp³-hybridized carbons (Fsp3) is 0.438. The number of carbonyl (C=O) groups is 1. The molecule has 1 fully saturated rings. The summed E-state index contributed by atoms with van der Waals surface area (Å²) in [5.74, 6) is -0.194. The van der Waals surface area contributed by atoms with Crippen LogP contribution in [-0.2, 0) is 29.0 Å². The van der Waals surface area contributed by atoms with Gasteiger partial charge in [-0.1, -0.05) is 68.4 Å². The van der Waals surface area contributed by atoms with Crippen molar-refractivity contribution < 1.29 is 9.53 Å². The van der Waals surface area contributed by atoms with Crippen molar-refractivity contribution in [2.45, 2.75) is 67.0 Å². The van der Waals surface area contributed by atoms with Crippen LogP contribution in [0.5, 0.6) is 0 Å². The second-order valence-electron chi connectivity index (χ2n) is 10.9. The maximum Gasteiger partial charge on any atom is 0.310 e. The molecule has 1 N–H and O–H groups in total. The molecule has 2 aromatic carbocycles. The van der Waals surface area contributed by atoms with Gasteiger partial charge < -0.3 is 15.0 Å². The number of anilines is 1. The molecule has 2 heterocycles. The number of pyridine rings is 1. The summed E-state index contributed by atoms with van der Waals surface area (Å²) in [6.45, 7) is 14.6. The number of piperidine rings is 1. The van der Waals surface area contributed by atoms with Gasteiger partial charge in [-0.3, -0.25) is 9.78 Å². The number of esters is 1. The van der Waals surface area contributed by atoms with Gasteiger partial charge in [0.2, 0.25) is 0 Å². The van der Waals surface area contributed by atoms with Gasteiger partial charge in [-0.05, 0) is 55.7 Å². The molecule has 0 unspecified atom stereocenters. The summed E-state index contributed by atoms with van der Waals surface area (Å²) >= 11 is 0. The highest BCUT2D eigenvalue weighted by molar-refractivity contribution is 5.86. The van der Waals surface area contributed by atoms with Crippen LogP contribution >= 0.6 is 0 Å². The van der Waals surface area contributed by atoms with Crippen molar-refractivity contribution in [2.24, 2.45) is 5.41 Å². The normalized spacial score (nSPS) is 15.0. The molecule has 0 bridgehead atoms. The van der Waals surface area contributed by atoms with Gasteiger partial charge in [-0.15, -0.1) is 0 Å². The van der Waals surface area contributed by atoms with E-state index >= 15 is 0 Å². The highest BCUT2D eigenvalue weighted by Gasteiger charge is 2.30. The Hall–Kier alpha value is -3.18. The van der Waals surface area contributed by atoms with Crippen LogP contribution < -0.4 is 10.2 Å². The van der Waals surface area contributed by atoms with Crippen molar-refractivity contribution in [2.75, 3.05) is 24.6 Å². The third-order valence-electron chi connectivity index (χ3n) is 7.46. The molecular formula is C32H41N3O2. The topological polar surface area (TPSA) is 54.5 Å². The molecule has 1 aliphatic heterocycles. The predicted molar refractivity (Wildman–Crippen MR) is 152 cm³/mol. The molecule has 1 aliphatic rings. The SMILES string of the molecule is CCOC(=O)Cc1c(C)nc(C)c(-c2ccc(CNCc3ccccc3)cc2)c1N1CCC(C)(C)CC1. The van der Waals surface area contributed by atoms with Crippen LogP contribution in [0.15, 0.2) is 54.6 Å². The molecule has 196 valence electrons. The Morgan fingerprint density at radius 1 is 0.946 bits per heavy atom. The van der Waals surface area contributed by atoms with Gasteiger partial charge in [0.15, 0.2) is 0 Å². The van der Waals surface area contributed by atoms with E-state index in [1.165, 1.54) is 11.1 Å². The van der Waals surface area contributed by atoms with Crippen LogP contribution in [-0.4, -0.2) is 30.6 Å². The van der Waals surface area contributed by atoms with E-state index in [2.05, 4.69) is 79.5 Å². The van der Waals surface area contributed by atoms with E-state index < -0.39 is 0 Å². The zero-order chi connectivity index (χ0) is 26.4. The number of ether oxygens (including phenoxy) is 1. The largest absolute Gasteiger partial charge is 0.466 e. The van der Waals surface area contributed by atoms with Crippen molar-refractivity contribution in [3.8, 4) is 11.1 Å². The average molecular weight is 500 g/mol. The minimum absolute atomic E-state index is 0.194. The number of nitrogens with zero attached hydrogens (tertiary/aromatic N) is 2. The molecule has 0 amide bonds. The van der Waals surface area contributed by atoms with Gasteiger partial charge in [0.25, 0.3) is 0 Å². The zero-order valence-electron chi connectivity index (χ0n) is 23.1. The Morgan fingerprint density at radius 2 is 1.57 bits per heavy atom. The summed E-state index contributed by atoms with van der Waals surface area (Å²) in [6.07, 6.45) is 2.49. The molecule has 0 saturated carbocycles. The fourth-order valence-electron chi connectivity index (χ4n) is 5.20. The number of rotatable bonds is 9. The number of hydrogen-bond donors (Lipinski definition) is 1. The lowest BCUT2D eigenvalue weighted by Gasteiger charge is -2.40.